The molecule has 0 spiro atoms. The summed E-state index contributed by atoms with van der Waals surface area (Å²) in [4.78, 5) is 16.3. The zero-order chi connectivity index (χ0) is 16.7. The summed E-state index contributed by atoms with van der Waals surface area (Å²) in [7, 11) is 0. The highest BCUT2D eigenvalue weighted by Crippen LogP contribution is 2.22. The van der Waals surface area contributed by atoms with Gasteiger partial charge in [0.1, 0.15) is 4.32 Å². The summed E-state index contributed by atoms with van der Waals surface area (Å²) < 4.78 is 0.780. The molecule has 0 unspecified atom stereocenters. The van der Waals surface area contributed by atoms with Crippen LogP contribution in [0, 0.1) is 11.3 Å². The Morgan fingerprint density at radius 1 is 1.43 bits per heavy atom. The predicted molar refractivity (Wildman–Crippen MR) is 99.9 cm³/mol. The van der Waals surface area contributed by atoms with Crippen molar-refractivity contribution in [3.63, 3.8) is 0 Å². The van der Waals surface area contributed by atoms with Crippen LogP contribution in [0.15, 0.2) is 24.3 Å². The van der Waals surface area contributed by atoms with E-state index < -0.39 is 0 Å². The van der Waals surface area contributed by atoms with Gasteiger partial charge in [-0.15, -0.1) is 0 Å². The number of benzene rings is 1. The van der Waals surface area contributed by atoms with E-state index in [0.29, 0.717) is 17.3 Å². The van der Waals surface area contributed by atoms with Crippen LogP contribution >= 0.6 is 35.6 Å². The molecule has 1 aliphatic heterocycles. The number of nitriles is 1. The minimum Gasteiger partial charge on any atom is -0.358 e. The molecule has 1 aliphatic rings. The topological polar surface area (TPSA) is 47.3 Å². The third-order valence-corrected chi connectivity index (χ3v) is 5.29. The number of hydrogen-bond donors (Lipinski definition) is 0. The van der Waals surface area contributed by atoms with E-state index in [1.54, 1.807) is 23.1 Å². The van der Waals surface area contributed by atoms with Crippen LogP contribution < -0.4 is 4.90 Å². The predicted octanol–water partition coefficient (Wildman–Crippen LogP) is 3.70. The number of thiocarbonyl (C=S) groups is 1. The molecule has 1 saturated heterocycles. The number of nitrogens with zero attached hydrogens (tertiary/aromatic N) is 3. The molecule has 1 aromatic rings. The molecule has 1 heterocycles. The van der Waals surface area contributed by atoms with E-state index in [9.17, 15) is 4.79 Å². The van der Waals surface area contributed by atoms with Crippen LogP contribution in [0.5, 0.6) is 0 Å². The van der Waals surface area contributed by atoms with Crippen LogP contribution in [0.4, 0.5) is 5.69 Å². The molecule has 0 radical (unpaired) electrons. The van der Waals surface area contributed by atoms with Crippen molar-refractivity contribution in [2.75, 3.05) is 30.3 Å². The van der Waals surface area contributed by atoms with E-state index in [1.807, 2.05) is 6.07 Å². The lowest BCUT2D eigenvalue weighted by molar-refractivity contribution is -0.116. The van der Waals surface area contributed by atoms with Crippen molar-refractivity contribution in [3.8, 4) is 6.07 Å². The first-order valence-corrected chi connectivity index (χ1v) is 9.23. The Labute approximate surface area is 151 Å². The Balaban J connectivity index is 1.99. The average Bonchev–Trinajstić information content (AvgIpc) is 3.07. The van der Waals surface area contributed by atoms with E-state index in [2.05, 4.69) is 11.0 Å². The molecule has 0 aromatic heterocycles. The summed E-state index contributed by atoms with van der Waals surface area (Å²) >= 11 is 12.8. The second-order valence-corrected chi connectivity index (χ2v) is 7.23. The van der Waals surface area contributed by atoms with Gasteiger partial charge < -0.3 is 9.80 Å². The third kappa shape index (κ3) is 5.38. The highest BCUT2D eigenvalue weighted by molar-refractivity contribution is 8.23. The Morgan fingerprint density at radius 3 is 2.83 bits per heavy atom. The lowest BCUT2D eigenvalue weighted by Gasteiger charge is -2.23. The number of carbonyl (C=O) groups excluding carboxylic acids is 1. The second kappa shape index (κ2) is 9.11. The molecule has 4 nitrogen and oxygen atoms in total. The van der Waals surface area contributed by atoms with Crippen molar-refractivity contribution in [3.05, 3.63) is 29.3 Å². The monoisotopic (exact) mass is 367 g/mol. The molecule has 122 valence electrons. The first-order chi connectivity index (χ1) is 11.1. The zero-order valence-corrected chi connectivity index (χ0v) is 15.1. The van der Waals surface area contributed by atoms with Gasteiger partial charge in [0.25, 0.3) is 0 Å². The number of amides is 1. The van der Waals surface area contributed by atoms with Gasteiger partial charge in [0.05, 0.1) is 18.2 Å². The summed E-state index contributed by atoms with van der Waals surface area (Å²) in [5.74, 6) is 0.210. The normalized spacial score (nSPS) is 13.7. The van der Waals surface area contributed by atoms with Crippen LogP contribution in [0.3, 0.4) is 0 Å². The van der Waals surface area contributed by atoms with Gasteiger partial charge in [-0.05, 0) is 31.0 Å². The van der Waals surface area contributed by atoms with E-state index in [1.165, 1.54) is 11.8 Å². The summed E-state index contributed by atoms with van der Waals surface area (Å²) in [6.45, 7) is 2.31. The van der Waals surface area contributed by atoms with Gasteiger partial charge >= 0.3 is 0 Å². The molecule has 2 rings (SSSR count). The van der Waals surface area contributed by atoms with Gasteiger partial charge in [-0.3, -0.25) is 4.79 Å². The minimum absolute atomic E-state index is 0.0611. The summed E-state index contributed by atoms with van der Waals surface area (Å²) in [6, 6.07) is 9.20. The van der Waals surface area contributed by atoms with E-state index in [0.717, 1.165) is 30.3 Å². The zero-order valence-electron chi connectivity index (χ0n) is 12.7. The minimum atomic E-state index is -0.0611. The molecular formula is C16H18ClN3OS2. The fourth-order valence-corrected chi connectivity index (χ4v) is 3.71. The molecule has 0 bridgehead atoms. The Kier molecular flexibility index (Phi) is 7.15. The molecule has 0 atom stereocenters. The van der Waals surface area contributed by atoms with Crippen molar-refractivity contribution < 1.29 is 4.79 Å². The first kappa shape index (κ1) is 18.1. The number of rotatable bonds is 5. The summed E-state index contributed by atoms with van der Waals surface area (Å²) in [5, 5.41) is 9.38. The molecule has 1 fully saturated rings. The number of hydrogen-bond acceptors (Lipinski definition) is 4. The maximum absolute atomic E-state index is 12.6. The van der Waals surface area contributed by atoms with Crippen molar-refractivity contribution in [1.82, 2.24) is 4.90 Å². The first-order valence-electron chi connectivity index (χ1n) is 7.46. The van der Waals surface area contributed by atoms with Crippen molar-refractivity contribution >= 4 is 51.5 Å². The Bertz CT molecular complexity index is 612. The van der Waals surface area contributed by atoms with Crippen molar-refractivity contribution in [1.29, 1.82) is 5.26 Å². The molecule has 7 heteroatoms. The highest BCUT2D eigenvalue weighted by Gasteiger charge is 2.20. The largest absolute Gasteiger partial charge is 0.358 e. The standard InChI is InChI=1S/C16H18ClN3OS2/c17-13-5-3-6-14(11-13)20(10-4-7-18)15(21)12-23-16(22)19-8-1-2-9-19/h3,5-6,11H,1-2,4,8-10,12H2. The molecular weight excluding hydrogens is 350 g/mol. The number of thioether (sulfide) groups is 1. The van der Waals surface area contributed by atoms with Crippen LogP contribution in [-0.4, -0.2) is 40.5 Å². The van der Waals surface area contributed by atoms with E-state index in [-0.39, 0.29) is 18.1 Å². The van der Waals surface area contributed by atoms with Gasteiger partial charge in [0.15, 0.2) is 0 Å². The van der Waals surface area contributed by atoms with E-state index in [4.69, 9.17) is 29.1 Å². The van der Waals surface area contributed by atoms with Crippen LogP contribution in [-0.2, 0) is 4.79 Å². The molecule has 1 aromatic carbocycles. The Hall–Kier alpha value is -1.29. The molecule has 1 amide bonds. The van der Waals surface area contributed by atoms with E-state index >= 15 is 0 Å². The van der Waals surface area contributed by atoms with Gasteiger partial charge in [0.2, 0.25) is 5.91 Å². The SMILES string of the molecule is N#CCCN(C(=O)CSC(=S)N1CCCC1)c1cccc(Cl)c1. The summed E-state index contributed by atoms with van der Waals surface area (Å²) in [5.41, 5.74) is 0.713. The molecule has 0 saturated carbocycles. The number of halogens is 1. The van der Waals surface area contributed by atoms with Crippen LogP contribution in [0.1, 0.15) is 19.3 Å². The fraction of sp³-hybridized carbons (Fsp3) is 0.438. The van der Waals surface area contributed by atoms with Crippen LogP contribution in [0.2, 0.25) is 5.02 Å². The summed E-state index contributed by atoms with van der Waals surface area (Å²) in [6.07, 6.45) is 2.59. The molecule has 0 N–H and O–H groups in total. The van der Waals surface area contributed by atoms with Crippen molar-refractivity contribution in [2.24, 2.45) is 0 Å². The van der Waals surface area contributed by atoms with Crippen molar-refractivity contribution in [2.45, 2.75) is 19.3 Å². The number of likely N-dealkylation sites (tertiary alicyclic amines) is 1. The van der Waals surface area contributed by atoms with Gasteiger partial charge in [-0.1, -0.05) is 41.6 Å². The maximum Gasteiger partial charge on any atom is 0.237 e. The van der Waals surface area contributed by atoms with Crippen LogP contribution in [0.25, 0.3) is 0 Å². The smallest absolute Gasteiger partial charge is 0.237 e. The Morgan fingerprint density at radius 2 is 2.17 bits per heavy atom. The number of carbonyl (C=O) groups is 1. The maximum atomic E-state index is 12.6. The highest BCUT2D eigenvalue weighted by atomic mass is 35.5. The van der Waals surface area contributed by atoms with Gasteiger partial charge in [0, 0.05) is 30.3 Å². The van der Waals surface area contributed by atoms with Gasteiger partial charge in [-0.2, -0.15) is 5.26 Å². The lowest BCUT2D eigenvalue weighted by Crippen LogP contribution is -2.34. The average molecular weight is 368 g/mol. The molecule has 0 aliphatic carbocycles. The second-order valence-electron chi connectivity index (χ2n) is 5.18. The van der Waals surface area contributed by atoms with Gasteiger partial charge in [-0.25, -0.2) is 0 Å². The molecule has 23 heavy (non-hydrogen) atoms. The lowest BCUT2D eigenvalue weighted by atomic mass is 10.2. The number of anilines is 1. The quantitative estimate of drug-likeness (QED) is 0.742. The fourth-order valence-electron chi connectivity index (χ4n) is 2.40. The third-order valence-electron chi connectivity index (χ3n) is 3.55.